The smallest absolute Gasteiger partial charge is 0.270 e. The molecule has 1 amide bonds. The van der Waals surface area contributed by atoms with Crippen LogP contribution in [0.2, 0.25) is 0 Å². The van der Waals surface area contributed by atoms with E-state index in [0.29, 0.717) is 13.2 Å². The monoisotopic (exact) mass is 355 g/mol. The zero-order chi connectivity index (χ0) is 18.0. The number of carbonyl (C=O) groups excluding carboxylic acids is 1. The van der Waals surface area contributed by atoms with Gasteiger partial charge in [-0.25, -0.2) is 0 Å². The number of pyridine rings is 1. The molecule has 0 spiro atoms. The van der Waals surface area contributed by atoms with Crippen molar-refractivity contribution in [3.8, 4) is 5.75 Å². The summed E-state index contributed by atoms with van der Waals surface area (Å²) in [6.07, 6.45) is 8.38. The van der Waals surface area contributed by atoms with Crippen LogP contribution in [0.15, 0.2) is 42.9 Å². The van der Waals surface area contributed by atoms with Crippen molar-refractivity contribution >= 4 is 5.91 Å². The van der Waals surface area contributed by atoms with Crippen LogP contribution in [0, 0.1) is 5.41 Å². The van der Waals surface area contributed by atoms with Crippen molar-refractivity contribution in [2.75, 3.05) is 26.3 Å². The number of amides is 1. The molecule has 0 saturated carbocycles. The fourth-order valence-corrected chi connectivity index (χ4v) is 4.18. The Morgan fingerprint density at radius 1 is 1.42 bits per heavy atom. The first-order valence-corrected chi connectivity index (χ1v) is 9.23. The number of hydrogen-bond donors (Lipinski definition) is 0. The van der Waals surface area contributed by atoms with Gasteiger partial charge >= 0.3 is 0 Å². The van der Waals surface area contributed by atoms with Crippen molar-refractivity contribution in [1.82, 2.24) is 14.5 Å². The standard InChI is InChI=1S/C20H25N3O3/c1-22-10-3-6-17(22)19(24)23-11-7-18-20(14-23,8-4-12-25-18)15-26-16-5-2-9-21-13-16/h2-3,5-6,9-10,13,18H,4,7-8,11-12,14-15H2,1H3. The Morgan fingerprint density at radius 3 is 3.12 bits per heavy atom. The molecule has 2 aliphatic heterocycles. The summed E-state index contributed by atoms with van der Waals surface area (Å²) in [4.78, 5) is 19.1. The van der Waals surface area contributed by atoms with E-state index in [-0.39, 0.29) is 17.4 Å². The number of aryl methyl sites for hydroxylation is 1. The van der Waals surface area contributed by atoms with E-state index < -0.39 is 0 Å². The Hall–Kier alpha value is -2.34. The summed E-state index contributed by atoms with van der Waals surface area (Å²) in [6, 6.07) is 7.57. The molecule has 0 bridgehead atoms. The molecule has 2 atom stereocenters. The Balaban J connectivity index is 1.53. The van der Waals surface area contributed by atoms with Crippen molar-refractivity contribution < 1.29 is 14.3 Å². The predicted octanol–water partition coefficient (Wildman–Crippen LogP) is 2.51. The molecular weight excluding hydrogens is 330 g/mol. The summed E-state index contributed by atoms with van der Waals surface area (Å²) < 4.78 is 14.0. The number of ether oxygens (including phenoxy) is 2. The summed E-state index contributed by atoms with van der Waals surface area (Å²) in [5, 5.41) is 0. The summed E-state index contributed by atoms with van der Waals surface area (Å²) in [7, 11) is 1.91. The molecule has 4 rings (SSSR count). The van der Waals surface area contributed by atoms with E-state index in [9.17, 15) is 4.79 Å². The SMILES string of the molecule is Cn1cccc1C(=O)N1CCC2OCCCC2(COc2cccnc2)C1. The van der Waals surface area contributed by atoms with Gasteiger partial charge < -0.3 is 18.9 Å². The van der Waals surface area contributed by atoms with Crippen LogP contribution in [0.1, 0.15) is 29.8 Å². The molecule has 2 aromatic rings. The first-order valence-electron chi connectivity index (χ1n) is 9.23. The molecule has 2 fully saturated rings. The minimum atomic E-state index is -0.160. The minimum absolute atomic E-state index is 0.0854. The summed E-state index contributed by atoms with van der Waals surface area (Å²) in [5.74, 6) is 0.847. The zero-order valence-corrected chi connectivity index (χ0v) is 15.1. The molecule has 0 aromatic carbocycles. The number of nitrogens with zero attached hydrogens (tertiary/aromatic N) is 3. The highest BCUT2D eigenvalue weighted by molar-refractivity contribution is 5.92. The van der Waals surface area contributed by atoms with E-state index in [2.05, 4.69) is 4.98 Å². The number of carbonyl (C=O) groups is 1. The first kappa shape index (κ1) is 17.1. The molecule has 0 aliphatic carbocycles. The average Bonchev–Trinajstić information content (AvgIpc) is 3.12. The lowest BCUT2D eigenvalue weighted by molar-refractivity contribution is -0.133. The molecule has 6 heteroatoms. The third-order valence-corrected chi connectivity index (χ3v) is 5.60. The Kier molecular flexibility index (Phi) is 4.68. The van der Waals surface area contributed by atoms with Crippen LogP contribution in [0.5, 0.6) is 5.75 Å². The van der Waals surface area contributed by atoms with Gasteiger partial charge in [0.1, 0.15) is 11.4 Å². The quantitative estimate of drug-likeness (QED) is 0.846. The van der Waals surface area contributed by atoms with Gasteiger partial charge in [0.15, 0.2) is 0 Å². The van der Waals surface area contributed by atoms with E-state index in [1.54, 1.807) is 12.4 Å². The van der Waals surface area contributed by atoms with Crippen molar-refractivity contribution in [3.63, 3.8) is 0 Å². The van der Waals surface area contributed by atoms with E-state index in [0.717, 1.165) is 43.9 Å². The number of fused-ring (bicyclic) bond motifs is 1. The molecule has 6 nitrogen and oxygen atoms in total. The molecule has 2 saturated heterocycles. The number of piperidine rings is 1. The molecule has 2 unspecified atom stereocenters. The molecule has 138 valence electrons. The second-order valence-corrected chi connectivity index (χ2v) is 7.32. The van der Waals surface area contributed by atoms with Gasteiger partial charge in [-0.1, -0.05) is 0 Å². The highest BCUT2D eigenvalue weighted by Gasteiger charge is 2.48. The predicted molar refractivity (Wildman–Crippen MR) is 97.1 cm³/mol. The van der Waals surface area contributed by atoms with Crippen LogP contribution in [0.4, 0.5) is 0 Å². The zero-order valence-electron chi connectivity index (χ0n) is 15.1. The van der Waals surface area contributed by atoms with Crippen LogP contribution in [0.3, 0.4) is 0 Å². The fourth-order valence-electron chi connectivity index (χ4n) is 4.18. The largest absolute Gasteiger partial charge is 0.491 e. The number of rotatable bonds is 4. The maximum atomic E-state index is 13.0. The van der Waals surface area contributed by atoms with Crippen LogP contribution < -0.4 is 4.74 Å². The van der Waals surface area contributed by atoms with Gasteiger partial charge in [0.2, 0.25) is 0 Å². The molecule has 0 radical (unpaired) electrons. The van der Waals surface area contributed by atoms with Gasteiger partial charge in [0.05, 0.1) is 18.9 Å². The topological polar surface area (TPSA) is 56.6 Å². The van der Waals surface area contributed by atoms with E-state index >= 15 is 0 Å². The van der Waals surface area contributed by atoms with E-state index in [4.69, 9.17) is 9.47 Å². The Bertz CT molecular complexity index is 761. The minimum Gasteiger partial charge on any atom is -0.491 e. The van der Waals surface area contributed by atoms with Crippen molar-refractivity contribution in [1.29, 1.82) is 0 Å². The van der Waals surface area contributed by atoms with Crippen LogP contribution in [-0.4, -0.2) is 52.8 Å². The lowest BCUT2D eigenvalue weighted by atomic mass is 9.73. The summed E-state index contributed by atoms with van der Waals surface area (Å²) >= 11 is 0. The lowest BCUT2D eigenvalue weighted by Gasteiger charge is -2.50. The Labute approximate surface area is 153 Å². The fraction of sp³-hybridized carbons (Fsp3) is 0.500. The second kappa shape index (κ2) is 7.11. The van der Waals surface area contributed by atoms with Crippen molar-refractivity contribution in [3.05, 3.63) is 48.5 Å². The highest BCUT2D eigenvalue weighted by Crippen LogP contribution is 2.41. The van der Waals surface area contributed by atoms with Gasteiger partial charge in [-0.05, 0) is 43.5 Å². The van der Waals surface area contributed by atoms with Crippen LogP contribution in [-0.2, 0) is 11.8 Å². The molecule has 4 heterocycles. The number of aromatic nitrogens is 2. The summed E-state index contributed by atoms with van der Waals surface area (Å²) in [5.41, 5.74) is 0.566. The van der Waals surface area contributed by atoms with Gasteiger partial charge in [-0.3, -0.25) is 9.78 Å². The molecule has 2 aliphatic rings. The van der Waals surface area contributed by atoms with E-state index in [1.807, 2.05) is 47.0 Å². The van der Waals surface area contributed by atoms with E-state index in [1.165, 1.54) is 0 Å². The summed E-state index contributed by atoms with van der Waals surface area (Å²) in [6.45, 7) is 2.73. The number of likely N-dealkylation sites (tertiary alicyclic amines) is 1. The first-order chi connectivity index (χ1) is 12.7. The highest BCUT2D eigenvalue weighted by atomic mass is 16.5. The van der Waals surface area contributed by atoms with Gasteiger partial charge in [-0.2, -0.15) is 0 Å². The molecule has 26 heavy (non-hydrogen) atoms. The average molecular weight is 355 g/mol. The van der Waals surface area contributed by atoms with Gasteiger partial charge in [0.25, 0.3) is 5.91 Å². The maximum absolute atomic E-state index is 13.0. The lowest BCUT2D eigenvalue weighted by Crippen LogP contribution is -2.58. The van der Waals surface area contributed by atoms with Crippen molar-refractivity contribution in [2.24, 2.45) is 12.5 Å². The Morgan fingerprint density at radius 2 is 2.35 bits per heavy atom. The molecule has 2 aromatic heterocycles. The third kappa shape index (κ3) is 3.21. The number of hydrogen-bond acceptors (Lipinski definition) is 4. The molecule has 0 N–H and O–H groups in total. The second-order valence-electron chi connectivity index (χ2n) is 7.32. The van der Waals surface area contributed by atoms with Crippen LogP contribution >= 0.6 is 0 Å². The third-order valence-electron chi connectivity index (χ3n) is 5.60. The van der Waals surface area contributed by atoms with Gasteiger partial charge in [-0.15, -0.1) is 0 Å². The maximum Gasteiger partial charge on any atom is 0.270 e. The van der Waals surface area contributed by atoms with Gasteiger partial charge in [0, 0.05) is 44.6 Å². The van der Waals surface area contributed by atoms with Crippen LogP contribution in [0.25, 0.3) is 0 Å². The van der Waals surface area contributed by atoms with Crippen molar-refractivity contribution in [2.45, 2.75) is 25.4 Å². The molecular formula is C20H25N3O3. The normalized spacial score (nSPS) is 25.6.